The minimum atomic E-state index is -3.63. The number of ether oxygens (including phenoxy) is 1. The largest absolute Gasteiger partial charge is 0.484 e. The Bertz CT molecular complexity index is 1680. The Morgan fingerprint density at radius 3 is 2.26 bits per heavy atom. The third kappa shape index (κ3) is 8.63. The van der Waals surface area contributed by atoms with Gasteiger partial charge >= 0.3 is 0 Å². The summed E-state index contributed by atoms with van der Waals surface area (Å²) in [5, 5.41) is 7.02. The van der Waals surface area contributed by atoms with Crippen LogP contribution in [0.25, 0.3) is 0 Å². The van der Waals surface area contributed by atoms with E-state index in [2.05, 4.69) is 15.8 Å². The van der Waals surface area contributed by atoms with Crippen LogP contribution in [0.2, 0.25) is 5.02 Å². The average Bonchev–Trinajstić information content (AvgIpc) is 2.97. The van der Waals surface area contributed by atoms with Crippen LogP contribution in [0.5, 0.6) is 5.75 Å². The number of hydrogen-bond donors (Lipinski definition) is 2. The van der Waals surface area contributed by atoms with Gasteiger partial charge in [0, 0.05) is 16.3 Å². The fourth-order valence-corrected chi connectivity index (χ4v) is 4.79. The van der Waals surface area contributed by atoms with Crippen molar-refractivity contribution in [3.8, 4) is 5.75 Å². The minimum absolute atomic E-state index is 0.0430. The topological polar surface area (TPSA) is 117 Å². The summed E-state index contributed by atoms with van der Waals surface area (Å²) in [7, 11) is -3.63. The molecule has 12 heteroatoms. The Morgan fingerprint density at radius 2 is 1.62 bits per heavy atom. The Morgan fingerprint density at radius 1 is 0.952 bits per heavy atom. The molecule has 0 aliphatic carbocycles. The van der Waals surface area contributed by atoms with Gasteiger partial charge in [-0.1, -0.05) is 29.8 Å². The molecule has 0 spiro atoms. The Labute approximate surface area is 247 Å². The molecule has 4 aromatic rings. The van der Waals surface area contributed by atoms with E-state index in [4.69, 9.17) is 16.3 Å². The SMILES string of the molecule is CS(=O)(=O)N(Cc1ccccc1Cl)c1ccc(C(=O)N/N=C/c2ccc(OCC(=O)Nc3ccc(F)cc3)cc2)cc1. The smallest absolute Gasteiger partial charge is 0.271 e. The van der Waals surface area contributed by atoms with Crippen LogP contribution in [0.15, 0.2) is 102 Å². The van der Waals surface area contributed by atoms with Crippen molar-refractivity contribution in [3.05, 3.63) is 125 Å². The minimum Gasteiger partial charge on any atom is -0.484 e. The number of amides is 2. The number of halogens is 2. The van der Waals surface area contributed by atoms with Crippen molar-refractivity contribution in [2.45, 2.75) is 6.54 Å². The van der Waals surface area contributed by atoms with Gasteiger partial charge in [0.1, 0.15) is 11.6 Å². The molecule has 0 bridgehead atoms. The third-order valence-corrected chi connectivity index (χ3v) is 7.36. The predicted octanol–water partition coefficient (Wildman–Crippen LogP) is 5.23. The predicted molar refractivity (Wildman–Crippen MR) is 161 cm³/mol. The van der Waals surface area contributed by atoms with Crippen molar-refractivity contribution in [1.29, 1.82) is 0 Å². The summed E-state index contributed by atoms with van der Waals surface area (Å²) < 4.78 is 44.5. The van der Waals surface area contributed by atoms with Gasteiger partial charge in [0.15, 0.2) is 6.61 Å². The molecule has 0 fully saturated rings. The molecular weight excluding hydrogens is 583 g/mol. The quantitative estimate of drug-likeness (QED) is 0.179. The molecule has 0 unspecified atom stereocenters. The fourth-order valence-electron chi connectivity index (χ4n) is 3.72. The lowest BCUT2D eigenvalue weighted by Crippen LogP contribution is -2.29. The molecule has 0 saturated heterocycles. The van der Waals surface area contributed by atoms with E-state index in [1.54, 1.807) is 48.5 Å². The van der Waals surface area contributed by atoms with Crippen LogP contribution in [-0.2, 0) is 21.4 Å². The first-order valence-corrected chi connectivity index (χ1v) is 14.7. The first-order chi connectivity index (χ1) is 20.1. The molecule has 4 rings (SSSR count). The standard InChI is InChI=1S/C30H26ClFN4O5S/c1-42(39,40)36(19-23-4-2-3-5-28(23)31)26-14-8-22(9-15-26)30(38)35-33-18-21-6-16-27(17-7-21)41-20-29(37)34-25-12-10-24(32)11-13-25/h2-18H,19-20H2,1H3,(H,34,37)(H,35,38)/b33-18+. The van der Waals surface area contributed by atoms with E-state index in [1.165, 1.54) is 59.1 Å². The molecule has 9 nitrogen and oxygen atoms in total. The van der Waals surface area contributed by atoms with Crippen molar-refractivity contribution >= 4 is 51.0 Å². The molecular formula is C30H26ClFN4O5S. The van der Waals surface area contributed by atoms with Gasteiger partial charge in [-0.3, -0.25) is 13.9 Å². The highest BCUT2D eigenvalue weighted by Gasteiger charge is 2.19. The number of nitrogens with zero attached hydrogens (tertiary/aromatic N) is 2. The van der Waals surface area contributed by atoms with E-state index in [0.717, 1.165) is 6.26 Å². The van der Waals surface area contributed by atoms with Crippen LogP contribution < -0.4 is 19.8 Å². The van der Waals surface area contributed by atoms with Gasteiger partial charge in [0.2, 0.25) is 10.0 Å². The molecule has 216 valence electrons. The van der Waals surface area contributed by atoms with Gasteiger partial charge in [-0.05, 0) is 90.0 Å². The summed E-state index contributed by atoms with van der Waals surface area (Å²) in [6, 6.07) is 25.1. The first kappa shape index (κ1) is 30.2. The van der Waals surface area contributed by atoms with E-state index in [0.29, 0.717) is 33.3 Å². The van der Waals surface area contributed by atoms with Gasteiger partial charge in [-0.2, -0.15) is 5.10 Å². The van der Waals surface area contributed by atoms with Gasteiger partial charge < -0.3 is 10.1 Å². The molecule has 2 amide bonds. The molecule has 0 aromatic heterocycles. The molecule has 0 saturated carbocycles. The zero-order valence-electron chi connectivity index (χ0n) is 22.3. The van der Waals surface area contributed by atoms with Crippen LogP contribution in [-0.4, -0.2) is 39.3 Å². The van der Waals surface area contributed by atoms with Gasteiger partial charge in [0.25, 0.3) is 11.8 Å². The Balaban J connectivity index is 1.29. The molecule has 0 radical (unpaired) electrons. The van der Waals surface area contributed by atoms with E-state index in [9.17, 15) is 22.4 Å². The molecule has 0 atom stereocenters. The Hall–Kier alpha value is -4.74. The summed E-state index contributed by atoms with van der Waals surface area (Å²) in [6.07, 6.45) is 2.54. The van der Waals surface area contributed by atoms with Crippen LogP contribution in [0.4, 0.5) is 15.8 Å². The molecule has 0 aliphatic heterocycles. The molecule has 0 aliphatic rings. The number of benzene rings is 4. The number of anilines is 2. The summed E-state index contributed by atoms with van der Waals surface area (Å²) in [5.41, 5.74) is 4.86. The second-order valence-corrected chi connectivity index (χ2v) is 11.3. The second-order valence-electron chi connectivity index (χ2n) is 9.02. The number of carbonyl (C=O) groups is 2. The maximum absolute atomic E-state index is 13.0. The highest BCUT2D eigenvalue weighted by Crippen LogP contribution is 2.24. The lowest BCUT2D eigenvalue weighted by atomic mass is 10.2. The highest BCUT2D eigenvalue weighted by molar-refractivity contribution is 7.92. The van der Waals surface area contributed by atoms with E-state index < -0.39 is 27.7 Å². The van der Waals surface area contributed by atoms with Crippen LogP contribution in [0, 0.1) is 5.82 Å². The number of nitrogens with one attached hydrogen (secondary N) is 2. The lowest BCUT2D eigenvalue weighted by molar-refractivity contribution is -0.118. The van der Waals surface area contributed by atoms with Crippen molar-refractivity contribution < 1.29 is 27.1 Å². The number of carbonyl (C=O) groups excluding carboxylic acids is 2. The monoisotopic (exact) mass is 608 g/mol. The number of hydrogen-bond acceptors (Lipinski definition) is 6. The van der Waals surface area contributed by atoms with Crippen molar-refractivity contribution in [3.63, 3.8) is 0 Å². The molecule has 2 N–H and O–H groups in total. The zero-order valence-corrected chi connectivity index (χ0v) is 23.9. The molecule has 4 aromatic carbocycles. The van der Waals surface area contributed by atoms with Gasteiger partial charge in [-0.15, -0.1) is 0 Å². The van der Waals surface area contributed by atoms with Crippen LogP contribution >= 0.6 is 11.6 Å². The summed E-state index contributed by atoms with van der Waals surface area (Å²) in [6.45, 7) is -0.191. The average molecular weight is 609 g/mol. The maximum atomic E-state index is 13.0. The summed E-state index contributed by atoms with van der Waals surface area (Å²) in [5.74, 6) is -0.830. The lowest BCUT2D eigenvalue weighted by Gasteiger charge is -2.23. The number of rotatable bonds is 11. The third-order valence-electron chi connectivity index (χ3n) is 5.85. The Kier molecular flexibility index (Phi) is 9.89. The normalized spacial score (nSPS) is 11.2. The van der Waals surface area contributed by atoms with E-state index in [1.807, 2.05) is 0 Å². The van der Waals surface area contributed by atoms with Crippen LogP contribution in [0.1, 0.15) is 21.5 Å². The van der Waals surface area contributed by atoms with Crippen LogP contribution in [0.3, 0.4) is 0 Å². The number of hydrazone groups is 1. The first-order valence-electron chi connectivity index (χ1n) is 12.5. The fraction of sp³-hybridized carbons (Fsp3) is 0.100. The molecule has 42 heavy (non-hydrogen) atoms. The van der Waals surface area contributed by atoms with E-state index >= 15 is 0 Å². The zero-order chi connectivity index (χ0) is 30.1. The summed E-state index contributed by atoms with van der Waals surface area (Å²) in [4.78, 5) is 24.6. The number of sulfonamides is 1. The second kappa shape index (κ2) is 13.7. The summed E-state index contributed by atoms with van der Waals surface area (Å²) >= 11 is 6.21. The van der Waals surface area contributed by atoms with Crippen molar-refractivity contribution in [1.82, 2.24) is 5.43 Å². The highest BCUT2D eigenvalue weighted by atomic mass is 35.5. The maximum Gasteiger partial charge on any atom is 0.271 e. The van der Waals surface area contributed by atoms with Crippen molar-refractivity contribution in [2.24, 2.45) is 5.10 Å². The molecule has 0 heterocycles. The van der Waals surface area contributed by atoms with E-state index in [-0.39, 0.29) is 18.7 Å². The van der Waals surface area contributed by atoms with Crippen molar-refractivity contribution in [2.75, 3.05) is 22.5 Å². The van der Waals surface area contributed by atoms with Gasteiger partial charge in [-0.25, -0.2) is 18.2 Å². The van der Waals surface area contributed by atoms with Gasteiger partial charge in [0.05, 0.1) is 24.7 Å².